The van der Waals surface area contributed by atoms with Crippen molar-refractivity contribution < 1.29 is 0 Å². The number of unbranched alkanes of at least 4 members (excludes halogenated alkanes) is 1. The molecule has 16 nitrogen and oxygen atoms in total. The highest BCUT2D eigenvalue weighted by Gasteiger charge is 2.49. The molecule has 0 saturated carbocycles. The zero-order valence-corrected chi connectivity index (χ0v) is 57.1. The smallest absolute Gasteiger partial charge is 0.232 e. The maximum Gasteiger partial charge on any atom is 0.232 e. The molecule has 83 heavy (non-hydrogen) atoms. The van der Waals surface area contributed by atoms with E-state index in [-0.39, 0.29) is 91.5 Å². The van der Waals surface area contributed by atoms with Gasteiger partial charge >= 0.3 is 0 Å². The molecule has 5 fully saturated rings. The summed E-state index contributed by atoms with van der Waals surface area (Å²) in [4.78, 5) is 28.8. The van der Waals surface area contributed by atoms with Gasteiger partial charge in [-0.25, -0.2) is 0 Å². The van der Waals surface area contributed by atoms with E-state index < -0.39 is 0 Å². The van der Waals surface area contributed by atoms with Gasteiger partial charge in [0.25, 0.3) is 0 Å². The van der Waals surface area contributed by atoms with Crippen molar-refractivity contribution in [3.8, 4) is 0 Å². The van der Waals surface area contributed by atoms with Gasteiger partial charge in [0, 0.05) is 134 Å². The summed E-state index contributed by atoms with van der Waals surface area (Å²) in [5, 5.41) is 20.3. The summed E-state index contributed by atoms with van der Waals surface area (Å²) in [7, 11) is 0. The molecular formula is C67H124N16. The van der Waals surface area contributed by atoms with Gasteiger partial charge in [-0.2, -0.15) is 15.0 Å². The molecule has 5 saturated heterocycles. The molecule has 1 aliphatic carbocycles. The first kappa shape index (κ1) is 67.0. The van der Waals surface area contributed by atoms with Crippen molar-refractivity contribution in [3.63, 3.8) is 0 Å². The lowest BCUT2D eigenvalue weighted by Gasteiger charge is -2.56. The van der Waals surface area contributed by atoms with E-state index in [1.54, 1.807) is 0 Å². The Morgan fingerprint density at radius 1 is 0.554 bits per heavy atom. The Kier molecular flexibility index (Phi) is 19.6. The van der Waals surface area contributed by atoms with Crippen LogP contribution in [0.3, 0.4) is 0 Å². The Morgan fingerprint density at radius 2 is 0.952 bits per heavy atom. The van der Waals surface area contributed by atoms with Crippen molar-refractivity contribution in [1.29, 1.82) is 0 Å². The average Bonchev–Trinajstić information content (AvgIpc) is 1.88. The summed E-state index contributed by atoms with van der Waals surface area (Å²) in [6.07, 6.45) is 22.8. The number of allylic oxidation sites excluding steroid dienone is 3. The number of rotatable bonds is 19. The number of hydrogen-bond donors (Lipinski definition) is 8. The highest BCUT2D eigenvalue weighted by molar-refractivity contribution is 5.40. The summed E-state index contributed by atoms with van der Waals surface area (Å²) in [5.74, 6) is 1.55. The molecular weight excluding hydrogens is 1030 g/mol. The van der Waals surface area contributed by atoms with E-state index in [9.17, 15) is 0 Å². The van der Waals surface area contributed by atoms with Crippen LogP contribution in [0.15, 0.2) is 47.1 Å². The number of nitrogens with two attached hydrogens (primary N) is 3. The number of nitrogen functional groups attached to an aromatic ring is 1. The molecule has 0 aromatic carbocycles. The first-order valence-corrected chi connectivity index (χ1v) is 32.4. The average molecular weight is 1150 g/mol. The fraction of sp³-hybridized carbons (Fsp3) is 0.836. The van der Waals surface area contributed by atoms with E-state index in [4.69, 9.17) is 27.2 Å². The lowest BCUT2D eigenvalue weighted by molar-refractivity contribution is -0.00920. The number of nitrogens with one attached hydrogen (secondary N) is 5. The molecule has 6 aliphatic rings. The molecule has 11 N–H and O–H groups in total. The van der Waals surface area contributed by atoms with Crippen molar-refractivity contribution in [3.05, 3.63) is 52.9 Å². The summed E-state index contributed by atoms with van der Waals surface area (Å²) < 4.78 is 0. The van der Waals surface area contributed by atoms with Gasteiger partial charge in [-0.15, -0.1) is 0 Å². The first-order chi connectivity index (χ1) is 37.9. The molecule has 5 aliphatic heterocycles. The molecule has 1 atom stereocenters. The highest BCUT2D eigenvalue weighted by Crippen LogP contribution is 2.44. The number of nitrogens with zero attached hydrogens (tertiary/aromatic N) is 8. The molecule has 0 spiro atoms. The lowest BCUT2D eigenvalue weighted by Crippen LogP contribution is -2.66. The molecule has 16 heteroatoms. The second kappa shape index (κ2) is 24.2. The third-order valence-electron chi connectivity index (χ3n) is 18.7. The van der Waals surface area contributed by atoms with Gasteiger partial charge in [0.05, 0.1) is 13.3 Å². The second-order valence-corrected chi connectivity index (χ2v) is 33.8. The fourth-order valence-corrected chi connectivity index (χ4v) is 17.9. The van der Waals surface area contributed by atoms with Crippen LogP contribution >= 0.6 is 0 Å². The van der Waals surface area contributed by atoms with E-state index in [0.29, 0.717) is 31.0 Å². The minimum Gasteiger partial charge on any atom is -0.402 e. The standard InChI is InChI=1S/C67H124N16/c1-24-25-28-79(51-33-58(4,5)74-59(6,7)34-51)48-30-49(81(53-37-62(12,13)76-63(14,15)38-53)43-80(47(26-27-68)29-45(2)69)52-35-60(8,9)75-61(10,11)36-52)32-50(31-48)82(54-39-64(16,17)77-65(18,19)40-54)44-83(57-72-46(3)71-56(70)73-57)55-41-66(20,21)78-67(22,23)42-55/h26,29,31-32,49,51-55,74-78H,24-25,27-28,30,33-44,68-69H2,1-23H3,(H2,70,71,72,73)/b45-29+,47-26+. The van der Waals surface area contributed by atoms with Crippen molar-refractivity contribution in [1.82, 2.24) is 61.1 Å². The van der Waals surface area contributed by atoms with Crippen LogP contribution in [0, 0.1) is 6.92 Å². The van der Waals surface area contributed by atoms with Crippen LogP contribution in [0.4, 0.5) is 11.9 Å². The van der Waals surface area contributed by atoms with Gasteiger partial charge in [0.2, 0.25) is 11.9 Å². The minimum atomic E-state index is -0.142. The van der Waals surface area contributed by atoms with Crippen LogP contribution in [0.5, 0.6) is 0 Å². The Morgan fingerprint density at radius 3 is 1.35 bits per heavy atom. The highest BCUT2D eigenvalue weighted by atomic mass is 15.4. The van der Waals surface area contributed by atoms with Crippen LogP contribution < -0.4 is 48.7 Å². The van der Waals surface area contributed by atoms with E-state index >= 15 is 0 Å². The Balaban J connectivity index is 1.54. The number of aromatic nitrogens is 3. The molecule has 0 radical (unpaired) electrons. The van der Waals surface area contributed by atoms with E-state index in [2.05, 4.69) is 226 Å². The van der Waals surface area contributed by atoms with Crippen LogP contribution in [0.1, 0.15) is 242 Å². The van der Waals surface area contributed by atoms with Gasteiger partial charge in [0.1, 0.15) is 5.82 Å². The summed E-state index contributed by atoms with van der Waals surface area (Å²) in [6.45, 7) is 57.0. The maximum absolute atomic E-state index is 6.78. The normalized spacial score (nSPS) is 27.2. The lowest BCUT2D eigenvalue weighted by atomic mass is 9.77. The number of piperidine rings is 5. The van der Waals surface area contributed by atoms with Gasteiger partial charge < -0.3 is 63.4 Å². The monoisotopic (exact) mass is 1150 g/mol. The van der Waals surface area contributed by atoms with Crippen molar-refractivity contribution in [2.24, 2.45) is 11.5 Å². The molecule has 7 rings (SSSR count). The first-order valence-electron chi connectivity index (χ1n) is 32.4. The fourth-order valence-electron chi connectivity index (χ4n) is 17.9. The molecule has 1 aromatic rings. The van der Waals surface area contributed by atoms with Crippen molar-refractivity contribution >= 4 is 11.9 Å². The van der Waals surface area contributed by atoms with Gasteiger partial charge in [-0.1, -0.05) is 13.3 Å². The van der Waals surface area contributed by atoms with Gasteiger partial charge in [0.15, 0.2) is 0 Å². The largest absolute Gasteiger partial charge is 0.402 e. The van der Waals surface area contributed by atoms with Crippen LogP contribution in [-0.4, -0.2) is 153 Å². The van der Waals surface area contributed by atoms with Crippen LogP contribution in [-0.2, 0) is 0 Å². The summed E-state index contributed by atoms with van der Waals surface area (Å²) in [6, 6.07) is 1.06. The number of anilines is 2. The molecule has 1 aromatic heterocycles. The van der Waals surface area contributed by atoms with E-state index in [1.807, 2.05) is 13.8 Å². The van der Waals surface area contributed by atoms with Crippen molar-refractivity contribution in [2.45, 2.75) is 334 Å². The maximum atomic E-state index is 6.78. The summed E-state index contributed by atoms with van der Waals surface area (Å²) >= 11 is 0. The predicted octanol–water partition coefficient (Wildman–Crippen LogP) is 10.3. The minimum absolute atomic E-state index is 0.0179. The molecule has 6 heterocycles. The summed E-state index contributed by atoms with van der Waals surface area (Å²) in [5.41, 5.74) is 23.6. The Hall–Kier alpha value is -3.51. The van der Waals surface area contributed by atoms with Crippen molar-refractivity contribution in [2.75, 3.05) is 37.1 Å². The van der Waals surface area contributed by atoms with Crippen LogP contribution in [0.25, 0.3) is 0 Å². The quantitative estimate of drug-likeness (QED) is 0.0481. The Labute approximate surface area is 506 Å². The number of hydrogen-bond acceptors (Lipinski definition) is 16. The van der Waals surface area contributed by atoms with Gasteiger partial charge in [-0.3, -0.25) is 4.90 Å². The SMILES string of the molecule is CCCCN(C1=CC(N(CN(c2nc(C)nc(N)n2)C2CC(C)(C)NC(C)(C)C2)C2CC(C)(C)NC(C)(C)C2)=CC(N(CN(C(/C=C(\C)N)=C/CN)C2CC(C)(C)NC(C)(C)C2)C2CC(C)(C)NC(C)(C)C2)C1)C1CC(C)(C)NC(C)(C)C1. The topological polar surface area (TPSA) is 193 Å². The zero-order valence-electron chi connectivity index (χ0n) is 57.1. The zero-order chi connectivity index (χ0) is 61.9. The third kappa shape index (κ3) is 18.1. The van der Waals surface area contributed by atoms with E-state index in [0.717, 1.165) is 108 Å². The second-order valence-electron chi connectivity index (χ2n) is 33.8. The molecule has 1 unspecified atom stereocenters. The molecule has 0 amide bonds. The molecule has 0 bridgehead atoms. The predicted molar refractivity (Wildman–Crippen MR) is 350 cm³/mol. The van der Waals surface area contributed by atoms with E-state index in [1.165, 1.54) is 11.4 Å². The number of aryl methyl sites for hydroxylation is 1. The van der Waals surface area contributed by atoms with Crippen LogP contribution in [0.2, 0.25) is 0 Å². The van der Waals surface area contributed by atoms with Gasteiger partial charge in [-0.05, 0) is 247 Å². The molecule has 472 valence electrons. The Bertz CT molecular complexity index is 2420. The third-order valence-corrected chi connectivity index (χ3v) is 18.7.